The van der Waals surface area contributed by atoms with E-state index in [9.17, 15) is 9.59 Å². The van der Waals surface area contributed by atoms with Crippen LogP contribution in [0.4, 0.5) is 5.69 Å². The molecule has 2 N–H and O–H groups in total. The minimum Gasteiger partial charge on any atom is -0.348 e. The average Bonchev–Trinajstić information content (AvgIpc) is 2.68. The Labute approximate surface area is 172 Å². The van der Waals surface area contributed by atoms with Crippen molar-refractivity contribution in [2.75, 3.05) is 18.4 Å². The molecular weight excluding hydrogens is 374 g/mol. The van der Waals surface area contributed by atoms with Gasteiger partial charge in [0.05, 0.1) is 18.6 Å². The van der Waals surface area contributed by atoms with Gasteiger partial charge in [-0.15, -0.1) is 0 Å². The molecule has 28 heavy (non-hydrogen) atoms. The van der Waals surface area contributed by atoms with Crippen LogP contribution in [0.1, 0.15) is 38.8 Å². The van der Waals surface area contributed by atoms with Crippen LogP contribution in [0, 0.1) is 0 Å². The second kappa shape index (κ2) is 10.8. The molecule has 2 rings (SSSR count). The maximum absolute atomic E-state index is 12.6. The van der Waals surface area contributed by atoms with Crippen molar-refractivity contribution >= 4 is 29.1 Å². The van der Waals surface area contributed by atoms with Gasteiger partial charge in [0.2, 0.25) is 11.8 Å². The summed E-state index contributed by atoms with van der Waals surface area (Å²) in [6.45, 7) is 6.60. The van der Waals surface area contributed by atoms with Gasteiger partial charge < -0.3 is 10.6 Å². The number of hydrogen-bond donors (Lipinski definition) is 2. The van der Waals surface area contributed by atoms with Gasteiger partial charge in [0.1, 0.15) is 0 Å². The maximum Gasteiger partial charge on any atom is 0.241 e. The number of nitrogens with zero attached hydrogens (tertiary/aromatic N) is 1. The second-order valence-corrected chi connectivity index (χ2v) is 7.28. The Morgan fingerprint density at radius 1 is 1.04 bits per heavy atom. The van der Waals surface area contributed by atoms with Crippen LogP contribution in [0.3, 0.4) is 0 Å². The fraction of sp³-hybridized carbons (Fsp3) is 0.364. The highest BCUT2D eigenvalue weighted by atomic mass is 35.5. The molecule has 0 aliphatic heterocycles. The van der Waals surface area contributed by atoms with E-state index in [1.807, 2.05) is 68.1 Å². The van der Waals surface area contributed by atoms with E-state index in [2.05, 4.69) is 10.6 Å². The first-order valence-electron chi connectivity index (χ1n) is 9.55. The standard InChI is InChI=1S/C22H28ClN3O2/c1-4-14-26(17(3)22(28)25-20-8-6-5-7-9-20)15-21(27)24-16(2)18-10-12-19(23)13-11-18/h5-13,16-17H,4,14-15H2,1-3H3,(H,24,27)(H,25,28). The van der Waals surface area contributed by atoms with Crippen LogP contribution < -0.4 is 10.6 Å². The fourth-order valence-corrected chi connectivity index (χ4v) is 3.06. The Morgan fingerprint density at radius 3 is 2.29 bits per heavy atom. The zero-order valence-electron chi connectivity index (χ0n) is 16.6. The number of nitrogens with one attached hydrogen (secondary N) is 2. The lowest BCUT2D eigenvalue weighted by Crippen LogP contribution is -2.47. The van der Waals surface area contributed by atoms with E-state index < -0.39 is 6.04 Å². The Kier molecular flexibility index (Phi) is 8.48. The molecule has 0 aromatic heterocycles. The maximum atomic E-state index is 12.6. The van der Waals surface area contributed by atoms with E-state index in [1.54, 1.807) is 12.1 Å². The monoisotopic (exact) mass is 401 g/mol. The van der Waals surface area contributed by atoms with E-state index in [4.69, 9.17) is 11.6 Å². The summed E-state index contributed by atoms with van der Waals surface area (Å²) in [6, 6.07) is 16.2. The molecule has 0 saturated heterocycles. The Balaban J connectivity index is 1.95. The lowest BCUT2D eigenvalue weighted by Gasteiger charge is -2.28. The lowest BCUT2D eigenvalue weighted by molar-refractivity contribution is -0.126. The predicted molar refractivity (Wildman–Crippen MR) is 114 cm³/mol. The molecule has 2 aromatic rings. The van der Waals surface area contributed by atoms with Gasteiger partial charge in [0.25, 0.3) is 0 Å². The molecule has 0 aliphatic rings. The molecule has 2 unspecified atom stereocenters. The summed E-state index contributed by atoms with van der Waals surface area (Å²) < 4.78 is 0. The van der Waals surface area contributed by atoms with Gasteiger partial charge in [-0.1, -0.05) is 48.9 Å². The van der Waals surface area contributed by atoms with E-state index >= 15 is 0 Å². The largest absolute Gasteiger partial charge is 0.348 e. The highest BCUT2D eigenvalue weighted by molar-refractivity contribution is 6.30. The van der Waals surface area contributed by atoms with Gasteiger partial charge in [-0.25, -0.2) is 0 Å². The zero-order valence-corrected chi connectivity index (χ0v) is 17.4. The minimum absolute atomic E-state index is 0.115. The lowest BCUT2D eigenvalue weighted by atomic mass is 10.1. The summed E-state index contributed by atoms with van der Waals surface area (Å²) in [6.07, 6.45) is 0.850. The summed E-state index contributed by atoms with van der Waals surface area (Å²) in [5, 5.41) is 6.56. The van der Waals surface area contributed by atoms with Crippen molar-refractivity contribution in [2.45, 2.75) is 39.3 Å². The molecule has 6 heteroatoms. The summed E-state index contributed by atoms with van der Waals surface area (Å²) in [7, 11) is 0. The SMILES string of the molecule is CCCN(CC(=O)NC(C)c1ccc(Cl)cc1)C(C)C(=O)Nc1ccccc1. The Bertz CT molecular complexity index is 765. The summed E-state index contributed by atoms with van der Waals surface area (Å²) >= 11 is 5.92. The number of benzene rings is 2. The van der Waals surface area contributed by atoms with Gasteiger partial charge >= 0.3 is 0 Å². The van der Waals surface area contributed by atoms with Gasteiger partial charge in [-0.2, -0.15) is 0 Å². The van der Waals surface area contributed by atoms with Crippen LogP contribution in [-0.2, 0) is 9.59 Å². The molecule has 0 radical (unpaired) electrons. The molecule has 2 atom stereocenters. The Hall–Kier alpha value is -2.37. The third-order valence-electron chi connectivity index (χ3n) is 4.57. The predicted octanol–water partition coefficient (Wildman–Crippen LogP) is 4.26. The van der Waals surface area contributed by atoms with Crippen molar-refractivity contribution in [1.82, 2.24) is 10.2 Å². The molecular formula is C22H28ClN3O2. The van der Waals surface area contributed by atoms with Crippen LogP contribution in [-0.4, -0.2) is 35.8 Å². The Morgan fingerprint density at radius 2 is 1.68 bits per heavy atom. The van der Waals surface area contributed by atoms with Gasteiger partial charge in [0, 0.05) is 10.7 Å². The third kappa shape index (κ3) is 6.66. The molecule has 0 saturated carbocycles. The van der Waals surface area contributed by atoms with Crippen LogP contribution in [0.25, 0.3) is 0 Å². The van der Waals surface area contributed by atoms with Crippen molar-refractivity contribution in [1.29, 1.82) is 0 Å². The third-order valence-corrected chi connectivity index (χ3v) is 4.83. The zero-order chi connectivity index (χ0) is 20.5. The summed E-state index contributed by atoms with van der Waals surface area (Å²) in [4.78, 5) is 27.0. The van der Waals surface area contributed by atoms with E-state index in [-0.39, 0.29) is 24.4 Å². The summed E-state index contributed by atoms with van der Waals surface area (Å²) in [5.41, 5.74) is 1.73. The number of rotatable bonds is 9. The van der Waals surface area contributed by atoms with Crippen LogP contribution >= 0.6 is 11.6 Å². The first-order valence-corrected chi connectivity index (χ1v) is 9.93. The number of carbonyl (C=O) groups excluding carboxylic acids is 2. The first kappa shape index (κ1) is 21.9. The molecule has 2 aromatic carbocycles. The van der Waals surface area contributed by atoms with Gasteiger partial charge in [-0.05, 0) is 56.6 Å². The van der Waals surface area contributed by atoms with Crippen LogP contribution in [0.2, 0.25) is 5.02 Å². The van der Waals surface area contributed by atoms with Crippen molar-refractivity contribution in [3.63, 3.8) is 0 Å². The van der Waals surface area contributed by atoms with Crippen molar-refractivity contribution in [3.8, 4) is 0 Å². The number of amides is 2. The molecule has 150 valence electrons. The summed E-state index contributed by atoms with van der Waals surface area (Å²) in [5.74, 6) is -0.242. The quantitative estimate of drug-likeness (QED) is 0.660. The minimum atomic E-state index is -0.420. The van der Waals surface area contributed by atoms with E-state index in [1.165, 1.54) is 0 Å². The number of anilines is 1. The van der Waals surface area contributed by atoms with Crippen molar-refractivity contribution in [3.05, 3.63) is 65.2 Å². The van der Waals surface area contributed by atoms with E-state index in [0.29, 0.717) is 11.6 Å². The molecule has 0 bridgehead atoms. The van der Waals surface area contributed by atoms with Crippen molar-refractivity contribution in [2.24, 2.45) is 0 Å². The van der Waals surface area contributed by atoms with Crippen LogP contribution in [0.5, 0.6) is 0 Å². The van der Waals surface area contributed by atoms with Crippen molar-refractivity contribution < 1.29 is 9.59 Å². The van der Waals surface area contributed by atoms with Gasteiger partial charge in [-0.3, -0.25) is 14.5 Å². The number of para-hydroxylation sites is 1. The fourth-order valence-electron chi connectivity index (χ4n) is 2.94. The highest BCUT2D eigenvalue weighted by Gasteiger charge is 2.23. The second-order valence-electron chi connectivity index (χ2n) is 6.84. The molecule has 0 aliphatic carbocycles. The number of halogens is 1. The molecule has 0 heterocycles. The molecule has 0 spiro atoms. The molecule has 2 amide bonds. The first-order chi connectivity index (χ1) is 13.4. The van der Waals surface area contributed by atoms with Crippen LogP contribution in [0.15, 0.2) is 54.6 Å². The normalized spacial score (nSPS) is 13.0. The average molecular weight is 402 g/mol. The number of carbonyl (C=O) groups is 2. The highest BCUT2D eigenvalue weighted by Crippen LogP contribution is 2.16. The number of hydrogen-bond acceptors (Lipinski definition) is 3. The van der Waals surface area contributed by atoms with E-state index in [0.717, 1.165) is 17.7 Å². The molecule has 5 nitrogen and oxygen atoms in total. The topological polar surface area (TPSA) is 61.4 Å². The smallest absolute Gasteiger partial charge is 0.241 e. The van der Waals surface area contributed by atoms with Gasteiger partial charge in [0.15, 0.2) is 0 Å². The molecule has 0 fully saturated rings.